The molecule has 2 heterocycles. The summed E-state index contributed by atoms with van der Waals surface area (Å²) in [4.78, 5) is 6.64. The Morgan fingerprint density at radius 1 is 1.30 bits per heavy atom. The Bertz CT molecular complexity index is 559. The molecule has 3 rings (SSSR count). The van der Waals surface area contributed by atoms with E-state index in [2.05, 4.69) is 19.8 Å². The Kier molecular flexibility index (Phi) is 3.78. The van der Waals surface area contributed by atoms with Crippen molar-refractivity contribution in [3.63, 3.8) is 0 Å². The molecule has 1 N–H and O–H groups in total. The zero-order valence-corrected chi connectivity index (χ0v) is 12.4. The van der Waals surface area contributed by atoms with Gasteiger partial charge in [-0.25, -0.2) is 13.1 Å². The fraction of sp³-hybridized carbons (Fsp3) is 0.833. The van der Waals surface area contributed by atoms with E-state index in [4.69, 9.17) is 4.52 Å². The van der Waals surface area contributed by atoms with Crippen molar-refractivity contribution < 1.29 is 12.9 Å². The molecule has 1 aliphatic carbocycles. The highest BCUT2D eigenvalue weighted by Crippen LogP contribution is 2.38. The average molecular weight is 300 g/mol. The van der Waals surface area contributed by atoms with Gasteiger partial charge < -0.3 is 4.52 Å². The maximum absolute atomic E-state index is 11.2. The molecule has 0 bridgehead atoms. The molecule has 2 fully saturated rings. The molecule has 7 nitrogen and oxygen atoms in total. The molecule has 8 heteroatoms. The van der Waals surface area contributed by atoms with E-state index in [1.807, 2.05) is 0 Å². The Morgan fingerprint density at radius 2 is 2.00 bits per heavy atom. The normalized spacial score (nSPS) is 22.2. The summed E-state index contributed by atoms with van der Waals surface area (Å²) in [5.41, 5.74) is 0. The standard InChI is InChI=1S/C12H20N4O3S/c1-20(17,18)15-10-4-6-16(7-5-10)8-11-13-12(14-19-11)9-2-3-9/h9-10,15H,2-8H2,1H3. The summed E-state index contributed by atoms with van der Waals surface area (Å²) in [6.45, 7) is 2.34. The average Bonchev–Trinajstić information content (AvgIpc) is 3.11. The predicted octanol–water partition coefficient (Wildman–Crippen LogP) is 0.461. The van der Waals surface area contributed by atoms with E-state index in [0.29, 0.717) is 18.4 Å². The number of aromatic nitrogens is 2. The van der Waals surface area contributed by atoms with Crippen molar-refractivity contribution >= 4 is 10.0 Å². The van der Waals surface area contributed by atoms with Gasteiger partial charge in [0.05, 0.1) is 12.8 Å². The third-order valence-electron chi connectivity index (χ3n) is 3.75. The minimum atomic E-state index is -3.11. The molecular formula is C12H20N4O3S. The first kappa shape index (κ1) is 14.0. The second-order valence-electron chi connectivity index (χ2n) is 5.76. The van der Waals surface area contributed by atoms with Gasteiger partial charge in [0.25, 0.3) is 0 Å². The Morgan fingerprint density at radius 3 is 2.60 bits per heavy atom. The molecule has 1 aromatic heterocycles. The zero-order valence-electron chi connectivity index (χ0n) is 11.6. The maximum Gasteiger partial charge on any atom is 0.240 e. The minimum absolute atomic E-state index is 0.0472. The molecule has 1 aliphatic heterocycles. The van der Waals surface area contributed by atoms with Gasteiger partial charge in [-0.05, 0) is 25.7 Å². The molecule has 20 heavy (non-hydrogen) atoms. The van der Waals surface area contributed by atoms with Crippen molar-refractivity contribution in [2.24, 2.45) is 0 Å². The van der Waals surface area contributed by atoms with Gasteiger partial charge in [-0.2, -0.15) is 4.98 Å². The van der Waals surface area contributed by atoms with E-state index in [0.717, 1.165) is 31.8 Å². The van der Waals surface area contributed by atoms with Crippen LogP contribution in [-0.2, 0) is 16.6 Å². The summed E-state index contributed by atoms with van der Waals surface area (Å²) in [5, 5.41) is 4.00. The third kappa shape index (κ3) is 3.77. The highest BCUT2D eigenvalue weighted by Gasteiger charge is 2.29. The second-order valence-corrected chi connectivity index (χ2v) is 7.54. The number of piperidine rings is 1. The summed E-state index contributed by atoms with van der Waals surface area (Å²) in [6, 6.07) is 0.0472. The molecule has 1 saturated carbocycles. The van der Waals surface area contributed by atoms with Crippen molar-refractivity contribution in [3.05, 3.63) is 11.7 Å². The Balaban J connectivity index is 1.48. The van der Waals surface area contributed by atoms with Crippen LogP contribution in [0.1, 0.15) is 43.3 Å². The van der Waals surface area contributed by atoms with E-state index in [1.54, 1.807) is 0 Å². The summed E-state index contributed by atoms with van der Waals surface area (Å²) in [5.74, 6) is 2.02. The molecule has 0 spiro atoms. The lowest BCUT2D eigenvalue weighted by molar-refractivity contribution is 0.177. The number of nitrogens with zero attached hydrogens (tertiary/aromatic N) is 3. The number of hydrogen-bond donors (Lipinski definition) is 1. The highest BCUT2D eigenvalue weighted by molar-refractivity contribution is 7.88. The largest absolute Gasteiger partial charge is 0.338 e. The lowest BCUT2D eigenvalue weighted by Crippen LogP contribution is -2.44. The quantitative estimate of drug-likeness (QED) is 0.850. The van der Waals surface area contributed by atoms with Gasteiger partial charge in [0.2, 0.25) is 15.9 Å². The topological polar surface area (TPSA) is 88.3 Å². The molecule has 112 valence electrons. The van der Waals surface area contributed by atoms with E-state index in [-0.39, 0.29) is 6.04 Å². The predicted molar refractivity (Wildman–Crippen MR) is 72.6 cm³/mol. The number of nitrogens with one attached hydrogen (secondary N) is 1. The lowest BCUT2D eigenvalue weighted by atomic mass is 10.1. The number of likely N-dealkylation sites (tertiary alicyclic amines) is 1. The van der Waals surface area contributed by atoms with Crippen LogP contribution in [0.15, 0.2) is 4.52 Å². The Labute approximate surface area is 118 Å². The molecule has 1 saturated heterocycles. The molecular weight excluding hydrogens is 280 g/mol. The monoisotopic (exact) mass is 300 g/mol. The molecule has 1 aromatic rings. The smallest absolute Gasteiger partial charge is 0.240 e. The van der Waals surface area contributed by atoms with E-state index in [9.17, 15) is 8.42 Å². The van der Waals surface area contributed by atoms with Crippen molar-refractivity contribution in [3.8, 4) is 0 Å². The SMILES string of the molecule is CS(=O)(=O)NC1CCN(Cc2nc(C3CC3)no2)CC1. The molecule has 0 aromatic carbocycles. The van der Waals surface area contributed by atoms with Crippen LogP contribution >= 0.6 is 0 Å². The second kappa shape index (κ2) is 5.42. The van der Waals surface area contributed by atoms with Gasteiger partial charge in [0.15, 0.2) is 5.82 Å². The van der Waals surface area contributed by atoms with Crippen LogP contribution in [0, 0.1) is 0 Å². The van der Waals surface area contributed by atoms with Crippen LogP contribution in [0.5, 0.6) is 0 Å². The van der Waals surface area contributed by atoms with Crippen LogP contribution in [-0.4, -0.2) is 48.8 Å². The van der Waals surface area contributed by atoms with Gasteiger partial charge in [-0.1, -0.05) is 5.16 Å². The highest BCUT2D eigenvalue weighted by atomic mass is 32.2. The molecule has 0 atom stereocenters. The van der Waals surface area contributed by atoms with Crippen molar-refractivity contribution in [1.29, 1.82) is 0 Å². The van der Waals surface area contributed by atoms with Crippen molar-refractivity contribution in [2.45, 2.75) is 44.2 Å². The van der Waals surface area contributed by atoms with Crippen LogP contribution in [0.4, 0.5) is 0 Å². The Hall–Kier alpha value is -0.990. The van der Waals surface area contributed by atoms with E-state index in [1.165, 1.54) is 19.1 Å². The molecule has 0 unspecified atom stereocenters. The summed E-state index contributed by atoms with van der Waals surface area (Å²) < 4.78 is 30.3. The zero-order chi connectivity index (χ0) is 14.2. The number of rotatable bonds is 5. The van der Waals surface area contributed by atoms with Crippen LogP contribution in [0.2, 0.25) is 0 Å². The van der Waals surface area contributed by atoms with Gasteiger partial charge in [0, 0.05) is 25.0 Å². The fourth-order valence-electron chi connectivity index (χ4n) is 2.54. The summed E-state index contributed by atoms with van der Waals surface area (Å²) in [6.07, 6.45) is 5.17. The van der Waals surface area contributed by atoms with E-state index < -0.39 is 10.0 Å². The number of hydrogen-bond acceptors (Lipinski definition) is 6. The molecule has 0 radical (unpaired) electrons. The molecule has 0 amide bonds. The van der Waals surface area contributed by atoms with Gasteiger partial charge in [-0.15, -0.1) is 0 Å². The summed E-state index contributed by atoms with van der Waals surface area (Å²) >= 11 is 0. The minimum Gasteiger partial charge on any atom is -0.338 e. The first-order chi connectivity index (χ1) is 9.49. The van der Waals surface area contributed by atoms with Crippen molar-refractivity contribution in [2.75, 3.05) is 19.3 Å². The number of sulfonamides is 1. The van der Waals surface area contributed by atoms with Gasteiger partial charge >= 0.3 is 0 Å². The summed E-state index contributed by atoms with van der Waals surface area (Å²) in [7, 11) is -3.11. The van der Waals surface area contributed by atoms with Gasteiger partial charge in [-0.3, -0.25) is 4.90 Å². The van der Waals surface area contributed by atoms with Crippen LogP contribution < -0.4 is 4.72 Å². The first-order valence-corrected chi connectivity index (χ1v) is 8.91. The van der Waals surface area contributed by atoms with Gasteiger partial charge in [0.1, 0.15) is 0 Å². The molecule has 2 aliphatic rings. The van der Waals surface area contributed by atoms with E-state index >= 15 is 0 Å². The van der Waals surface area contributed by atoms with Crippen LogP contribution in [0.25, 0.3) is 0 Å². The third-order valence-corrected chi connectivity index (χ3v) is 4.51. The van der Waals surface area contributed by atoms with Crippen LogP contribution in [0.3, 0.4) is 0 Å². The first-order valence-electron chi connectivity index (χ1n) is 7.02. The van der Waals surface area contributed by atoms with Crippen molar-refractivity contribution in [1.82, 2.24) is 19.8 Å². The lowest BCUT2D eigenvalue weighted by Gasteiger charge is -2.30. The maximum atomic E-state index is 11.2. The fourth-order valence-corrected chi connectivity index (χ4v) is 3.38.